The third kappa shape index (κ3) is 4.19. The highest BCUT2D eigenvalue weighted by Crippen LogP contribution is 2.26. The van der Waals surface area contributed by atoms with Gasteiger partial charge in [0, 0.05) is 5.02 Å². The summed E-state index contributed by atoms with van der Waals surface area (Å²) < 4.78 is 11.0. The molecule has 0 aliphatic heterocycles. The fourth-order valence-electron chi connectivity index (χ4n) is 1.65. The topological polar surface area (TPSA) is 83.2 Å². The van der Waals surface area contributed by atoms with Crippen LogP contribution in [-0.2, 0) is 6.42 Å². The number of hydrogen-bond acceptors (Lipinski definition) is 6. The summed E-state index contributed by atoms with van der Waals surface area (Å²) in [6.07, 6.45) is 0.735. The average molecular weight is 309 g/mol. The van der Waals surface area contributed by atoms with Gasteiger partial charge in [0.25, 0.3) is 0 Å². The Morgan fingerprint density at radius 1 is 1.19 bits per heavy atom. The van der Waals surface area contributed by atoms with Gasteiger partial charge in [-0.25, -0.2) is 0 Å². The molecule has 0 unspecified atom stereocenters. The SMILES string of the molecule is CCc1cc(Oc2nc(N)nc(OC(C)C)n2)ccc1Cl. The Morgan fingerprint density at radius 3 is 2.57 bits per heavy atom. The largest absolute Gasteiger partial charge is 0.461 e. The molecule has 2 N–H and O–H groups in total. The van der Waals surface area contributed by atoms with Crippen LogP contribution in [0.15, 0.2) is 18.2 Å². The maximum absolute atomic E-state index is 6.07. The summed E-state index contributed by atoms with van der Waals surface area (Å²) in [6, 6.07) is 5.57. The predicted molar refractivity (Wildman–Crippen MR) is 80.9 cm³/mol. The molecule has 1 heterocycles. The van der Waals surface area contributed by atoms with Gasteiger partial charge in [-0.15, -0.1) is 4.98 Å². The maximum Gasteiger partial charge on any atom is 0.330 e. The van der Waals surface area contributed by atoms with Crippen LogP contribution in [0.2, 0.25) is 5.02 Å². The lowest BCUT2D eigenvalue weighted by molar-refractivity contribution is 0.219. The molecule has 7 heteroatoms. The van der Waals surface area contributed by atoms with Gasteiger partial charge in [0.05, 0.1) is 6.10 Å². The van der Waals surface area contributed by atoms with Crippen molar-refractivity contribution in [3.63, 3.8) is 0 Å². The average Bonchev–Trinajstić information content (AvgIpc) is 2.39. The summed E-state index contributed by atoms with van der Waals surface area (Å²) >= 11 is 6.07. The van der Waals surface area contributed by atoms with E-state index < -0.39 is 0 Å². The number of ether oxygens (including phenoxy) is 2. The summed E-state index contributed by atoms with van der Waals surface area (Å²) in [6.45, 7) is 5.75. The first-order chi connectivity index (χ1) is 9.97. The molecule has 6 nitrogen and oxygen atoms in total. The molecular formula is C14H17ClN4O2. The van der Waals surface area contributed by atoms with Crippen LogP contribution in [0.25, 0.3) is 0 Å². The Balaban J connectivity index is 2.24. The zero-order valence-electron chi connectivity index (χ0n) is 12.1. The number of nitrogens with two attached hydrogens (primary N) is 1. The van der Waals surface area contributed by atoms with Crippen molar-refractivity contribution >= 4 is 17.5 Å². The lowest BCUT2D eigenvalue weighted by Crippen LogP contribution is -2.11. The number of rotatable bonds is 5. The number of anilines is 1. The summed E-state index contributed by atoms with van der Waals surface area (Å²) in [5.41, 5.74) is 6.61. The highest BCUT2D eigenvalue weighted by atomic mass is 35.5. The van der Waals surface area contributed by atoms with Crippen molar-refractivity contribution in [3.05, 3.63) is 28.8 Å². The molecule has 0 aliphatic carbocycles. The molecule has 2 aromatic rings. The molecule has 0 spiro atoms. The van der Waals surface area contributed by atoms with E-state index in [2.05, 4.69) is 15.0 Å². The summed E-state index contributed by atoms with van der Waals surface area (Å²) in [5.74, 6) is 0.623. The van der Waals surface area contributed by atoms with E-state index in [1.54, 1.807) is 12.1 Å². The van der Waals surface area contributed by atoms with Gasteiger partial charge in [-0.3, -0.25) is 0 Å². The smallest absolute Gasteiger partial charge is 0.330 e. The second-order valence-electron chi connectivity index (χ2n) is 4.63. The molecule has 0 amide bonds. The van der Waals surface area contributed by atoms with Gasteiger partial charge < -0.3 is 15.2 Å². The van der Waals surface area contributed by atoms with Gasteiger partial charge in [0.1, 0.15) is 5.75 Å². The van der Waals surface area contributed by atoms with E-state index in [0.29, 0.717) is 10.8 Å². The van der Waals surface area contributed by atoms with Crippen molar-refractivity contribution in [1.82, 2.24) is 15.0 Å². The van der Waals surface area contributed by atoms with E-state index in [1.807, 2.05) is 26.8 Å². The standard InChI is InChI=1S/C14H17ClN4O2/c1-4-9-7-10(5-6-11(9)15)21-14-18-12(16)17-13(19-14)20-8(2)3/h5-8H,4H2,1-3H3,(H2,16,17,18,19). The minimum atomic E-state index is -0.0677. The first-order valence-electron chi connectivity index (χ1n) is 6.62. The molecular weight excluding hydrogens is 292 g/mol. The number of benzene rings is 1. The molecule has 0 saturated heterocycles. The Hall–Kier alpha value is -2.08. The fraction of sp³-hybridized carbons (Fsp3) is 0.357. The Labute approximate surface area is 128 Å². The van der Waals surface area contributed by atoms with Crippen molar-refractivity contribution in [3.8, 4) is 17.8 Å². The normalized spacial score (nSPS) is 10.7. The number of nitrogens with zero attached hydrogens (tertiary/aromatic N) is 3. The van der Waals surface area contributed by atoms with Crippen LogP contribution in [0.1, 0.15) is 26.3 Å². The zero-order valence-corrected chi connectivity index (χ0v) is 12.9. The van der Waals surface area contributed by atoms with Gasteiger partial charge in [-0.2, -0.15) is 9.97 Å². The van der Waals surface area contributed by atoms with E-state index in [4.69, 9.17) is 26.8 Å². The third-order valence-corrected chi connectivity index (χ3v) is 2.93. The molecule has 0 fully saturated rings. The lowest BCUT2D eigenvalue weighted by Gasteiger charge is -2.10. The Bertz CT molecular complexity index is 634. The van der Waals surface area contributed by atoms with Crippen molar-refractivity contribution in [1.29, 1.82) is 0 Å². The van der Waals surface area contributed by atoms with E-state index in [9.17, 15) is 0 Å². The highest BCUT2D eigenvalue weighted by molar-refractivity contribution is 6.31. The van der Waals surface area contributed by atoms with E-state index in [-0.39, 0.29) is 24.1 Å². The molecule has 0 bridgehead atoms. The quantitative estimate of drug-likeness (QED) is 0.913. The first-order valence-corrected chi connectivity index (χ1v) is 7.00. The van der Waals surface area contributed by atoms with Crippen LogP contribution >= 0.6 is 11.6 Å². The Morgan fingerprint density at radius 2 is 1.90 bits per heavy atom. The Kier molecular flexibility index (Phi) is 4.80. The molecule has 21 heavy (non-hydrogen) atoms. The first kappa shape index (κ1) is 15.3. The highest BCUT2D eigenvalue weighted by Gasteiger charge is 2.10. The molecule has 0 saturated carbocycles. The van der Waals surface area contributed by atoms with E-state index in [0.717, 1.165) is 12.0 Å². The van der Waals surface area contributed by atoms with Crippen LogP contribution in [-0.4, -0.2) is 21.1 Å². The number of aromatic nitrogens is 3. The molecule has 0 radical (unpaired) electrons. The number of aryl methyl sites for hydroxylation is 1. The van der Waals surface area contributed by atoms with Crippen molar-refractivity contribution in [2.45, 2.75) is 33.3 Å². The lowest BCUT2D eigenvalue weighted by atomic mass is 10.1. The van der Waals surface area contributed by atoms with Crippen molar-refractivity contribution in [2.24, 2.45) is 0 Å². The van der Waals surface area contributed by atoms with Gasteiger partial charge in [-0.05, 0) is 44.0 Å². The predicted octanol–water partition coefficient (Wildman–Crippen LogP) is 3.25. The third-order valence-electron chi connectivity index (χ3n) is 2.56. The van der Waals surface area contributed by atoms with Crippen LogP contribution < -0.4 is 15.2 Å². The molecule has 2 rings (SSSR count). The van der Waals surface area contributed by atoms with Crippen molar-refractivity contribution in [2.75, 3.05) is 5.73 Å². The van der Waals surface area contributed by atoms with Crippen LogP contribution in [0, 0.1) is 0 Å². The number of nitrogen functional groups attached to an aromatic ring is 1. The number of hydrogen-bond donors (Lipinski definition) is 1. The van der Waals surface area contributed by atoms with Crippen LogP contribution in [0.5, 0.6) is 17.8 Å². The molecule has 0 atom stereocenters. The molecule has 1 aromatic carbocycles. The number of halogens is 1. The van der Waals surface area contributed by atoms with Gasteiger partial charge in [0.2, 0.25) is 5.95 Å². The minimum Gasteiger partial charge on any atom is -0.461 e. The summed E-state index contributed by atoms with van der Waals surface area (Å²) in [7, 11) is 0. The van der Waals surface area contributed by atoms with E-state index in [1.165, 1.54) is 0 Å². The summed E-state index contributed by atoms with van der Waals surface area (Å²) in [4.78, 5) is 11.9. The van der Waals surface area contributed by atoms with Crippen LogP contribution in [0.4, 0.5) is 5.95 Å². The molecule has 0 aliphatic rings. The summed E-state index contributed by atoms with van der Waals surface area (Å²) in [5, 5.41) is 0.698. The molecule has 112 valence electrons. The van der Waals surface area contributed by atoms with Gasteiger partial charge >= 0.3 is 12.0 Å². The molecule has 1 aromatic heterocycles. The minimum absolute atomic E-state index is 0.0420. The maximum atomic E-state index is 6.07. The van der Waals surface area contributed by atoms with Gasteiger partial charge in [0.15, 0.2) is 0 Å². The zero-order chi connectivity index (χ0) is 15.4. The van der Waals surface area contributed by atoms with Crippen molar-refractivity contribution < 1.29 is 9.47 Å². The van der Waals surface area contributed by atoms with E-state index >= 15 is 0 Å². The second kappa shape index (κ2) is 6.58. The monoisotopic (exact) mass is 308 g/mol. The fourth-order valence-corrected chi connectivity index (χ4v) is 1.90. The van der Waals surface area contributed by atoms with Crippen LogP contribution in [0.3, 0.4) is 0 Å². The second-order valence-corrected chi connectivity index (χ2v) is 5.04. The van der Waals surface area contributed by atoms with Gasteiger partial charge in [-0.1, -0.05) is 18.5 Å².